The van der Waals surface area contributed by atoms with Crippen LogP contribution in [0.4, 0.5) is 0 Å². The lowest BCUT2D eigenvalue weighted by Crippen LogP contribution is -2.21. The third-order valence-electron chi connectivity index (χ3n) is 0.900. The molecule has 0 saturated carbocycles. The van der Waals surface area contributed by atoms with Crippen molar-refractivity contribution in [3.05, 3.63) is 11.4 Å². The molecule has 0 aromatic heterocycles. The normalized spacial score (nSPS) is 12.1. The van der Waals surface area contributed by atoms with E-state index < -0.39 is 23.1 Å². The molecule has 0 saturated heterocycles. The summed E-state index contributed by atoms with van der Waals surface area (Å²) in [6.45, 7) is 1.14. The Hall–Kier alpha value is -1.52. The van der Waals surface area contributed by atoms with E-state index in [-0.39, 0.29) is 0 Å². The van der Waals surface area contributed by atoms with Crippen LogP contribution in [0, 0.1) is 0 Å². The van der Waals surface area contributed by atoms with Crippen LogP contribution in [0.2, 0.25) is 0 Å². The van der Waals surface area contributed by atoms with E-state index in [1.165, 1.54) is 0 Å². The molecule has 0 aliphatic rings. The summed E-state index contributed by atoms with van der Waals surface area (Å²) < 4.78 is 0. The third kappa shape index (κ3) is 1.77. The zero-order chi connectivity index (χ0) is 8.31. The van der Waals surface area contributed by atoms with Crippen LogP contribution < -0.4 is 11.5 Å². The smallest absolute Gasteiger partial charge is 0.354 e. The Morgan fingerprint density at radius 1 is 1.20 bits per heavy atom. The number of nitrogens with two attached hydrogens (primary N) is 2. The van der Waals surface area contributed by atoms with Crippen molar-refractivity contribution in [1.29, 1.82) is 0 Å². The van der Waals surface area contributed by atoms with E-state index in [9.17, 15) is 9.59 Å². The number of hydrogen-bond donors (Lipinski definition) is 3. The molecular weight excluding hydrogens is 136 g/mol. The Balaban J connectivity index is 4.67. The maximum Gasteiger partial charge on any atom is 0.354 e. The van der Waals surface area contributed by atoms with Gasteiger partial charge in [0.1, 0.15) is 11.4 Å². The summed E-state index contributed by atoms with van der Waals surface area (Å²) in [4.78, 5) is 20.4. The number of aliphatic carboxylic acids is 1. The first kappa shape index (κ1) is 8.48. The topological polar surface area (TPSA) is 106 Å². The van der Waals surface area contributed by atoms with Gasteiger partial charge in [0.15, 0.2) is 5.78 Å². The molecular formula is C5H8N2O3. The number of Topliss-reactive ketones (excluding diaryl/α,β-unsaturated/α-hetero) is 1. The summed E-state index contributed by atoms with van der Waals surface area (Å²) in [5.41, 5.74) is 8.87. The molecule has 56 valence electrons. The fraction of sp³-hybridized carbons (Fsp3) is 0.200. The average Bonchev–Trinajstić information content (AvgIpc) is 1.84. The van der Waals surface area contributed by atoms with Crippen LogP contribution in [0.25, 0.3) is 0 Å². The molecule has 0 unspecified atom stereocenters. The second-order valence-corrected chi connectivity index (χ2v) is 1.69. The van der Waals surface area contributed by atoms with Gasteiger partial charge in [0.25, 0.3) is 0 Å². The van der Waals surface area contributed by atoms with E-state index in [1.54, 1.807) is 0 Å². The molecule has 5 N–H and O–H groups in total. The van der Waals surface area contributed by atoms with Crippen LogP contribution in [-0.4, -0.2) is 16.9 Å². The van der Waals surface area contributed by atoms with Gasteiger partial charge in [0, 0.05) is 6.92 Å². The van der Waals surface area contributed by atoms with Crippen molar-refractivity contribution in [2.45, 2.75) is 6.92 Å². The first-order chi connectivity index (χ1) is 4.46. The Morgan fingerprint density at radius 2 is 1.60 bits per heavy atom. The van der Waals surface area contributed by atoms with Crippen molar-refractivity contribution < 1.29 is 14.7 Å². The van der Waals surface area contributed by atoms with E-state index in [0.717, 1.165) is 6.92 Å². The van der Waals surface area contributed by atoms with Gasteiger partial charge in [-0.1, -0.05) is 0 Å². The number of hydrogen-bond acceptors (Lipinski definition) is 4. The fourth-order valence-corrected chi connectivity index (χ4v) is 0.305. The number of carboxylic acid groups (broad SMARTS) is 1. The van der Waals surface area contributed by atoms with Crippen molar-refractivity contribution >= 4 is 11.8 Å². The van der Waals surface area contributed by atoms with Crippen LogP contribution in [0.3, 0.4) is 0 Å². The number of allylic oxidation sites excluding steroid dienone is 1. The van der Waals surface area contributed by atoms with Gasteiger partial charge in [-0.2, -0.15) is 0 Å². The molecule has 0 aliphatic carbocycles. The van der Waals surface area contributed by atoms with Gasteiger partial charge in [0.05, 0.1) is 0 Å². The third-order valence-corrected chi connectivity index (χ3v) is 0.900. The van der Waals surface area contributed by atoms with E-state index in [1.807, 2.05) is 0 Å². The molecule has 0 amide bonds. The molecule has 0 radical (unpaired) electrons. The number of carboxylic acids is 1. The lowest BCUT2D eigenvalue weighted by Gasteiger charge is -1.96. The molecule has 0 spiro atoms. The molecule has 0 aromatic rings. The van der Waals surface area contributed by atoms with Crippen LogP contribution in [0.5, 0.6) is 0 Å². The van der Waals surface area contributed by atoms with E-state index in [4.69, 9.17) is 16.6 Å². The highest BCUT2D eigenvalue weighted by Crippen LogP contribution is 1.91. The van der Waals surface area contributed by atoms with E-state index in [2.05, 4.69) is 0 Å². The summed E-state index contributed by atoms with van der Waals surface area (Å²) in [5.74, 6) is -1.92. The number of ketones is 1. The van der Waals surface area contributed by atoms with Crippen molar-refractivity contribution in [3.8, 4) is 0 Å². The van der Waals surface area contributed by atoms with Crippen molar-refractivity contribution in [3.63, 3.8) is 0 Å². The Morgan fingerprint density at radius 3 is 1.70 bits per heavy atom. The second kappa shape index (κ2) is 2.86. The molecule has 0 bridgehead atoms. The Labute approximate surface area is 57.3 Å². The quantitative estimate of drug-likeness (QED) is 0.421. The molecule has 10 heavy (non-hydrogen) atoms. The SMILES string of the molecule is CC(=O)/C(N)=C(/N)C(=O)O. The van der Waals surface area contributed by atoms with Gasteiger partial charge < -0.3 is 16.6 Å². The predicted molar refractivity (Wildman–Crippen MR) is 33.7 cm³/mol. The highest BCUT2D eigenvalue weighted by molar-refractivity contribution is 6.00. The minimum atomic E-state index is -1.38. The van der Waals surface area contributed by atoms with Crippen LogP contribution >= 0.6 is 0 Å². The maximum atomic E-state index is 10.4. The lowest BCUT2D eigenvalue weighted by molar-refractivity contribution is -0.133. The molecule has 0 rings (SSSR count). The largest absolute Gasteiger partial charge is 0.477 e. The summed E-state index contributed by atoms with van der Waals surface area (Å²) >= 11 is 0. The number of rotatable bonds is 2. The second-order valence-electron chi connectivity index (χ2n) is 1.69. The van der Waals surface area contributed by atoms with Gasteiger partial charge in [-0.25, -0.2) is 4.79 Å². The molecule has 0 fully saturated rings. The highest BCUT2D eigenvalue weighted by atomic mass is 16.4. The summed E-state index contributed by atoms with van der Waals surface area (Å²) in [7, 11) is 0. The molecule has 0 atom stereocenters. The maximum absolute atomic E-state index is 10.4. The highest BCUT2D eigenvalue weighted by Gasteiger charge is 2.09. The minimum absolute atomic E-state index is 0.410. The van der Waals surface area contributed by atoms with Gasteiger partial charge in [-0.3, -0.25) is 4.79 Å². The zero-order valence-corrected chi connectivity index (χ0v) is 5.42. The molecule has 0 heterocycles. The van der Waals surface area contributed by atoms with Crippen molar-refractivity contribution in [2.24, 2.45) is 11.5 Å². The van der Waals surface area contributed by atoms with Gasteiger partial charge >= 0.3 is 5.97 Å². The predicted octanol–water partition coefficient (Wildman–Crippen LogP) is -1.21. The van der Waals surface area contributed by atoms with Crippen LogP contribution in [0.1, 0.15) is 6.92 Å². The molecule has 0 aliphatic heterocycles. The van der Waals surface area contributed by atoms with Crippen molar-refractivity contribution in [2.75, 3.05) is 0 Å². The van der Waals surface area contributed by atoms with E-state index in [0.29, 0.717) is 0 Å². The Kier molecular flexibility index (Phi) is 2.43. The number of carbonyl (C=O) groups excluding carboxylic acids is 1. The van der Waals surface area contributed by atoms with Gasteiger partial charge in [0.2, 0.25) is 0 Å². The fourth-order valence-electron chi connectivity index (χ4n) is 0.305. The summed E-state index contributed by atoms with van der Waals surface area (Å²) in [6, 6.07) is 0. The van der Waals surface area contributed by atoms with Gasteiger partial charge in [-0.15, -0.1) is 0 Å². The molecule has 0 aromatic carbocycles. The zero-order valence-electron chi connectivity index (χ0n) is 5.42. The van der Waals surface area contributed by atoms with Gasteiger partial charge in [-0.05, 0) is 0 Å². The lowest BCUT2D eigenvalue weighted by atomic mass is 10.2. The van der Waals surface area contributed by atoms with Crippen molar-refractivity contribution in [1.82, 2.24) is 0 Å². The summed E-state index contributed by atoms with van der Waals surface area (Å²) in [5, 5.41) is 8.19. The van der Waals surface area contributed by atoms with Crippen LogP contribution in [0.15, 0.2) is 11.4 Å². The first-order valence-electron chi connectivity index (χ1n) is 2.46. The number of carbonyl (C=O) groups is 2. The molecule has 5 heteroatoms. The first-order valence-corrected chi connectivity index (χ1v) is 2.46. The minimum Gasteiger partial charge on any atom is -0.477 e. The standard InChI is InChI=1S/C5H8N2O3/c1-2(8)3(6)4(7)5(9)10/h6-7H2,1H3,(H,9,10)/b4-3-. The average molecular weight is 144 g/mol. The Bertz CT molecular complexity index is 185. The monoisotopic (exact) mass is 144 g/mol. The summed E-state index contributed by atoms with van der Waals surface area (Å²) in [6.07, 6.45) is 0. The van der Waals surface area contributed by atoms with E-state index >= 15 is 0 Å². The molecule has 5 nitrogen and oxygen atoms in total. The van der Waals surface area contributed by atoms with Crippen LogP contribution in [-0.2, 0) is 9.59 Å².